The van der Waals surface area contributed by atoms with Gasteiger partial charge in [-0.2, -0.15) is 0 Å². The summed E-state index contributed by atoms with van der Waals surface area (Å²) in [5, 5.41) is 13.9. The van der Waals surface area contributed by atoms with Crippen LogP contribution in [0.15, 0.2) is 42.6 Å². The number of fused-ring (bicyclic) bond motifs is 1. The molecule has 1 fully saturated rings. The normalized spacial score (nSPS) is 17.0. The van der Waals surface area contributed by atoms with E-state index in [1.807, 2.05) is 18.2 Å². The summed E-state index contributed by atoms with van der Waals surface area (Å²) >= 11 is 7.27. The quantitative estimate of drug-likeness (QED) is 0.341. The third-order valence-corrected chi connectivity index (χ3v) is 8.09. The van der Waals surface area contributed by atoms with Crippen LogP contribution in [-0.2, 0) is 10.2 Å². The fourth-order valence-electron chi connectivity index (χ4n) is 4.62. The van der Waals surface area contributed by atoms with E-state index in [-0.39, 0.29) is 18.6 Å². The Morgan fingerprint density at radius 3 is 2.75 bits per heavy atom. The molecule has 1 aliphatic carbocycles. The number of hydrogen-bond acceptors (Lipinski definition) is 7. The summed E-state index contributed by atoms with van der Waals surface area (Å²) < 4.78 is 25.7. The SMILES string of the molecule is NCC[C@@H](O)CC[C@H](c1cnc(NC(=O)C2(c3ccc4c(c3)OCO4)CC2)s1)c1ccc(Cl)cc1F. The Kier molecular flexibility index (Phi) is 7.16. The molecule has 0 bridgehead atoms. The van der Waals surface area contributed by atoms with Gasteiger partial charge in [0, 0.05) is 22.0 Å². The third-order valence-electron chi connectivity index (χ3n) is 6.82. The molecule has 0 radical (unpaired) electrons. The lowest BCUT2D eigenvalue weighted by molar-refractivity contribution is -0.118. The highest BCUT2D eigenvalue weighted by Gasteiger charge is 2.52. The molecule has 2 atom stereocenters. The molecule has 1 aliphatic heterocycles. The number of anilines is 1. The molecule has 3 aromatic rings. The zero-order valence-electron chi connectivity index (χ0n) is 19.5. The van der Waals surface area contributed by atoms with E-state index >= 15 is 0 Å². The highest BCUT2D eigenvalue weighted by molar-refractivity contribution is 7.15. The predicted molar refractivity (Wildman–Crippen MR) is 136 cm³/mol. The van der Waals surface area contributed by atoms with Gasteiger partial charge in [-0.25, -0.2) is 9.37 Å². The van der Waals surface area contributed by atoms with Crippen LogP contribution in [-0.4, -0.2) is 35.4 Å². The van der Waals surface area contributed by atoms with E-state index in [1.165, 1.54) is 17.4 Å². The van der Waals surface area contributed by atoms with Gasteiger partial charge in [0.15, 0.2) is 16.6 Å². The van der Waals surface area contributed by atoms with Crippen LogP contribution < -0.4 is 20.5 Å². The van der Waals surface area contributed by atoms with Gasteiger partial charge in [0.05, 0.1) is 11.5 Å². The number of thiazole rings is 1. The van der Waals surface area contributed by atoms with Gasteiger partial charge in [0.25, 0.3) is 0 Å². The van der Waals surface area contributed by atoms with Crippen LogP contribution in [0.5, 0.6) is 11.5 Å². The summed E-state index contributed by atoms with van der Waals surface area (Å²) in [7, 11) is 0. The van der Waals surface area contributed by atoms with Gasteiger partial charge in [-0.1, -0.05) is 23.7 Å². The van der Waals surface area contributed by atoms with Gasteiger partial charge in [-0.15, -0.1) is 11.3 Å². The van der Waals surface area contributed by atoms with Gasteiger partial charge < -0.3 is 25.6 Å². The number of nitrogens with zero attached hydrogens (tertiary/aromatic N) is 1. The number of rotatable bonds is 10. The van der Waals surface area contributed by atoms with Crippen LogP contribution in [0.1, 0.15) is 54.0 Å². The average molecular weight is 532 g/mol. The average Bonchev–Trinajstić information content (AvgIpc) is 3.31. The zero-order valence-corrected chi connectivity index (χ0v) is 21.1. The maximum atomic E-state index is 14.9. The summed E-state index contributed by atoms with van der Waals surface area (Å²) in [6.07, 6.45) is 3.97. The molecule has 7 nitrogen and oxygen atoms in total. The minimum Gasteiger partial charge on any atom is -0.454 e. The van der Waals surface area contributed by atoms with Crippen molar-refractivity contribution in [1.82, 2.24) is 4.98 Å². The lowest BCUT2D eigenvalue weighted by Gasteiger charge is -2.19. The minimum absolute atomic E-state index is 0.130. The van der Waals surface area contributed by atoms with E-state index in [9.17, 15) is 14.3 Å². The Labute approximate surface area is 217 Å². The Hall–Kier alpha value is -2.72. The molecule has 36 heavy (non-hydrogen) atoms. The number of hydrogen-bond donors (Lipinski definition) is 3. The smallest absolute Gasteiger partial charge is 0.236 e. The molecule has 4 N–H and O–H groups in total. The van der Waals surface area contributed by atoms with Crippen molar-refractivity contribution in [3.8, 4) is 11.5 Å². The van der Waals surface area contributed by atoms with Gasteiger partial charge in [0.1, 0.15) is 5.82 Å². The van der Waals surface area contributed by atoms with Gasteiger partial charge >= 0.3 is 0 Å². The molecule has 2 aromatic carbocycles. The van der Waals surface area contributed by atoms with E-state index in [0.29, 0.717) is 53.0 Å². The number of aliphatic hydroxyl groups is 1. The number of nitrogens with two attached hydrogens (primary N) is 1. The highest BCUT2D eigenvalue weighted by Crippen LogP contribution is 2.51. The molecular formula is C26H27ClFN3O4S. The second kappa shape index (κ2) is 10.3. The van der Waals surface area contributed by atoms with Crippen molar-refractivity contribution in [1.29, 1.82) is 0 Å². The molecule has 1 aromatic heterocycles. The van der Waals surface area contributed by atoms with Crippen molar-refractivity contribution in [3.05, 3.63) is 69.4 Å². The molecule has 2 heterocycles. The maximum absolute atomic E-state index is 14.9. The molecular weight excluding hydrogens is 505 g/mol. The van der Waals surface area contributed by atoms with Gasteiger partial charge in [-0.3, -0.25) is 4.79 Å². The molecule has 5 rings (SSSR count). The number of nitrogens with one attached hydrogen (secondary N) is 1. The first-order valence-corrected chi connectivity index (χ1v) is 13.1. The van der Waals surface area contributed by atoms with Crippen molar-refractivity contribution in [2.75, 3.05) is 18.7 Å². The molecule has 10 heteroatoms. The third kappa shape index (κ3) is 5.06. The summed E-state index contributed by atoms with van der Waals surface area (Å²) in [6.45, 7) is 0.557. The van der Waals surface area contributed by atoms with Crippen LogP contribution in [0.2, 0.25) is 5.02 Å². The topological polar surface area (TPSA) is 107 Å². The number of carbonyl (C=O) groups is 1. The summed E-state index contributed by atoms with van der Waals surface area (Å²) in [4.78, 5) is 18.5. The first-order valence-electron chi connectivity index (χ1n) is 11.9. The van der Waals surface area contributed by atoms with Crippen LogP contribution in [0, 0.1) is 5.82 Å². The number of halogens is 2. The Morgan fingerprint density at radius 1 is 1.19 bits per heavy atom. The van der Waals surface area contributed by atoms with Crippen LogP contribution in [0.25, 0.3) is 0 Å². The van der Waals surface area contributed by atoms with Crippen LogP contribution in [0.3, 0.4) is 0 Å². The highest BCUT2D eigenvalue weighted by atomic mass is 35.5. The van der Waals surface area contributed by atoms with Gasteiger partial charge in [0.2, 0.25) is 12.7 Å². The predicted octanol–water partition coefficient (Wildman–Crippen LogP) is 4.96. The molecule has 2 aliphatic rings. The first-order chi connectivity index (χ1) is 17.4. The summed E-state index contributed by atoms with van der Waals surface area (Å²) in [6, 6.07) is 10.2. The van der Waals surface area contributed by atoms with Crippen molar-refractivity contribution in [2.24, 2.45) is 5.73 Å². The fourth-order valence-corrected chi connectivity index (χ4v) is 5.74. The minimum atomic E-state index is -0.624. The molecule has 190 valence electrons. The van der Waals surface area contributed by atoms with E-state index < -0.39 is 17.3 Å². The number of aliphatic hydroxyl groups excluding tert-OH is 1. The van der Waals surface area contributed by atoms with E-state index in [2.05, 4.69) is 10.3 Å². The van der Waals surface area contributed by atoms with Crippen LogP contribution in [0.4, 0.5) is 9.52 Å². The Balaban J connectivity index is 1.34. The van der Waals surface area contributed by atoms with E-state index in [1.54, 1.807) is 18.3 Å². The van der Waals surface area contributed by atoms with Crippen molar-refractivity contribution < 1.29 is 23.8 Å². The van der Waals surface area contributed by atoms with Crippen molar-refractivity contribution in [2.45, 2.75) is 49.5 Å². The fraction of sp³-hybridized carbons (Fsp3) is 0.385. The number of carbonyl (C=O) groups excluding carboxylic acids is 1. The van der Waals surface area contributed by atoms with Gasteiger partial charge in [-0.05, 0) is 74.0 Å². The second-order valence-electron chi connectivity index (χ2n) is 9.20. The standard InChI is InChI=1S/C26H27ClFN3O4S/c27-16-2-4-18(20(28)12-16)19(5-3-17(32)7-10-29)23-13-30-25(36-23)31-24(33)26(8-9-26)15-1-6-21-22(11-15)35-14-34-21/h1-2,4,6,11-13,17,19,32H,3,5,7-10,14,29H2,(H,30,31,33)/t17-,19-/m0/s1. The first kappa shape index (κ1) is 25.0. The molecule has 1 saturated carbocycles. The Bertz CT molecular complexity index is 1270. The summed E-state index contributed by atoms with van der Waals surface area (Å²) in [5.41, 5.74) is 6.29. The van der Waals surface area contributed by atoms with Crippen molar-refractivity contribution >= 4 is 34.0 Å². The zero-order chi connectivity index (χ0) is 25.3. The maximum Gasteiger partial charge on any atom is 0.236 e. The number of aromatic nitrogens is 1. The molecule has 0 saturated heterocycles. The molecule has 1 amide bonds. The lowest BCUT2D eigenvalue weighted by atomic mass is 9.91. The molecule has 0 spiro atoms. The Morgan fingerprint density at radius 2 is 2.00 bits per heavy atom. The van der Waals surface area contributed by atoms with Crippen molar-refractivity contribution in [3.63, 3.8) is 0 Å². The second-order valence-corrected chi connectivity index (χ2v) is 10.7. The number of ether oxygens (including phenoxy) is 2. The number of amides is 1. The number of benzene rings is 2. The molecule has 0 unspecified atom stereocenters. The van der Waals surface area contributed by atoms with E-state index in [0.717, 1.165) is 23.3 Å². The van der Waals surface area contributed by atoms with Crippen LogP contribution >= 0.6 is 22.9 Å². The van der Waals surface area contributed by atoms with E-state index in [4.69, 9.17) is 26.8 Å². The lowest BCUT2D eigenvalue weighted by Crippen LogP contribution is -2.27. The summed E-state index contributed by atoms with van der Waals surface area (Å²) in [5.74, 6) is 0.431. The monoisotopic (exact) mass is 531 g/mol. The largest absolute Gasteiger partial charge is 0.454 e.